The van der Waals surface area contributed by atoms with E-state index in [1.807, 2.05) is 36.4 Å². The number of hydrogen-bond donors (Lipinski definition) is 1. The number of hydrogen-bond acceptors (Lipinski definition) is 3. The fourth-order valence-electron chi connectivity index (χ4n) is 2.00. The summed E-state index contributed by atoms with van der Waals surface area (Å²) < 4.78 is 12.3. The van der Waals surface area contributed by atoms with Gasteiger partial charge in [-0.3, -0.25) is 0 Å². The number of rotatable bonds is 7. The topological polar surface area (TPSA) is 30.5 Å². The van der Waals surface area contributed by atoms with Crippen LogP contribution in [0, 0.1) is 0 Å². The van der Waals surface area contributed by atoms with Crippen LogP contribution in [0.4, 0.5) is 0 Å². The van der Waals surface area contributed by atoms with E-state index < -0.39 is 0 Å². The summed E-state index contributed by atoms with van der Waals surface area (Å²) in [5, 5.41) is 3.30. The van der Waals surface area contributed by atoms with Gasteiger partial charge in [-0.05, 0) is 41.9 Å². The van der Waals surface area contributed by atoms with E-state index in [4.69, 9.17) is 9.47 Å². The number of ether oxygens (including phenoxy) is 2. The number of nitrogens with one attached hydrogen (secondary N) is 1. The Bertz CT molecular complexity index is 587. The summed E-state index contributed by atoms with van der Waals surface area (Å²) in [7, 11) is 1.67. The van der Waals surface area contributed by atoms with Crippen molar-refractivity contribution in [2.24, 2.45) is 0 Å². The molecule has 0 unspecified atom stereocenters. The fourth-order valence-corrected chi connectivity index (χ4v) is 2.45. The molecular weight excluding hydrogens is 330 g/mol. The lowest BCUT2D eigenvalue weighted by Gasteiger charge is -2.12. The molecule has 2 aromatic carbocycles. The van der Waals surface area contributed by atoms with Gasteiger partial charge in [0.05, 0.1) is 7.11 Å². The molecule has 0 atom stereocenters. The monoisotopic (exact) mass is 349 g/mol. The van der Waals surface area contributed by atoms with Crippen molar-refractivity contribution in [3.05, 3.63) is 58.1 Å². The molecule has 0 saturated heterocycles. The third-order valence-electron chi connectivity index (χ3n) is 3.09. The van der Waals surface area contributed by atoms with Crippen molar-refractivity contribution >= 4 is 15.9 Å². The first-order valence-corrected chi connectivity index (χ1v) is 7.77. The second-order valence-electron chi connectivity index (χ2n) is 4.68. The van der Waals surface area contributed by atoms with E-state index in [2.05, 4.69) is 34.2 Å². The summed E-state index contributed by atoms with van der Waals surface area (Å²) in [5.41, 5.74) is 2.30. The molecular formula is C17H20BrNO2. The molecule has 0 fully saturated rings. The van der Waals surface area contributed by atoms with Crippen LogP contribution in [0.15, 0.2) is 46.9 Å². The molecule has 112 valence electrons. The van der Waals surface area contributed by atoms with Gasteiger partial charge in [0, 0.05) is 11.0 Å². The lowest BCUT2D eigenvalue weighted by Crippen LogP contribution is -2.11. The van der Waals surface area contributed by atoms with Gasteiger partial charge in [0.1, 0.15) is 6.61 Å². The Labute approximate surface area is 134 Å². The van der Waals surface area contributed by atoms with Crippen LogP contribution >= 0.6 is 15.9 Å². The zero-order valence-corrected chi connectivity index (χ0v) is 13.9. The van der Waals surface area contributed by atoms with Gasteiger partial charge in [-0.2, -0.15) is 0 Å². The maximum absolute atomic E-state index is 5.86. The van der Waals surface area contributed by atoms with Crippen LogP contribution < -0.4 is 14.8 Å². The molecule has 0 amide bonds. The second kappa shape index (κ2) is 8.05. The van der Waals surface area contributed by atoms with Gasteiger partial charge < -0.3 is 14.8 Å². The first-order chi connectivity index (χ1) is 10.2. The van der Waals surface area contributed by atoms with E-state index in [1.165, 1.54) is 5.56 Å². The van der Waals surface area contributed by atoms with E-state index in [-0.39, 0.29) is 0 Å². The standard InChI is InChI=1S/C17H20BrNO2/c1-3-19-11-13-7-8-16(17(10-13)20-2)21-12-14-5-4-6-15(18)9-14/h4-10,19H,3,11-12H2,1-2H3. The molecule has 0 aliphatic carbocycles. The zero-order chi connectivity index (χ0) is 15.1. The smallest absolute Gasteiger partial charge is 0.161 e. The summed E-state index contributed by atoms with van der Waals surface area (Å²) in [4.78, 5) is 0. The van der Waals surface area contributed by atoms with Crippen LogP contribution in [-0.2, 0) is 13.2 Å². The number of methoxy groups -OCH3 is 1. The highest BCUT2D eigenvalue weighted by Gasteiger charge is 2.06. The second-order valence-corrected chi connectivity index (χ2v) is 5.60. The molecule has 4 heteroatoms. The van der Waals surface area contributed by atoms with Crippen molar-refractivity contribution in [1.29, 1.82) is 0 Å². The average Bonchev–Trinajstić information content (AvgIpc) is 2.51. The molecule has 2 aromatic rings. The van der Waals surface area contributed by atoms with Crippen molar-refractivity contribution in [3.63, 3.8) is 0 Å². The molecule has 0 aliphatic rings. The molecule has 1 N–H and O–H groups in total. The Kier molecular flexibility index (Phi) is 6.08. The first kappa shape index (κ1) is 15.9. The molecule has 3 nitrogen and oxygen atoms in total. The van der Waals surface area contributed by atoms with E-state index in [0.717, 1.165) is 34.6 Å². The number of halogens is 1. The van der Waals surface area contributed by atoms with Crippen molar-refractivity contribution < 1.29 is 9.47 Å². The Morgan fingerprint density at radius 1 is 1.05 bits per heavy atom. The maximum atomic E-state index is 5.86. The normalized spacial score (nSPS) is 10.4. The van der Waals surface area contributed by atoms with Gasteiger partial charge in [0.2, 0.25) is 0 Å². The molecule has 0 radical (unpaired) electrons. The molecule has 0 saturated carbocycles. The minimum atomic E-state index is 0.516. The van der Waals surface area contributed by atoms with Gasteiger partial charge >= 0.3 is 0 Å². The summed E-state index contributed by atoms with van der Waals surface area (Å²) in [5.74, 6) is 1.53. The van der Waals surface area contributed by atoms with Crippen LogP contribution in [0.25, 0.3) is 0 Å². The van der Waals surface area contributed by atoms with Gasteiger partial charge in [-0.25, -0.2) is 0 Å². The predicted octanol–water partition coefficient (Wildman–Crippen LogP) is 4.15. The molecule has 2 rings (SSSR count). The van der Waals surface area contributed by atoms with Crippen LogP contribution in [0.2, 0.25) is 0 Å². The van der Waals surface area contributed by atoms with E-state index in [0.29, 0.717) is 6.61 Å². The first-order valence-electron chi connectivity index (χ1n) is 6.97. The highest BCUT2D eigenvalue weighted by molar-refractivity contribution is 9.10. The Morgan fingerprint density at radius 2 is 1.90 bits per heavy atom. The SMILES string of the molecule is CCNCc1ccc(OCc2cccc(Br)c2)c(OC)c1. The summed E-state index contributed by atoms with van der Waals surface area (Å²) >= 11 is 3.46. The van der Waals surface area contributed by atoms with E-state index >= 15 is 0 Å². The van der Waals surface area contributed by atoms with Crippen molar-refractivity contribution in [2.45, 2.75) is 20.1 Å². The molecule has 0 spiro atoms. The Balaban J connectivity index is 2.05. The van der Waals surface area contributed by atoms with Gasteiger partial charge in [0.15, 0.2) is 11.5 Å². The third-order valence-corrected chi connectivity index (χ3v) is 3.58. The molecule has 21 heavy (non-hydrogen) atoms. The van der Waals surface area contributed by atoms with Gasteiger partial charge in [0.25, 0.3) is 0 Å². The van der Waals surface area contributed by atoms with Crippen LogP contribution in [0.1, 0.15) is 18.1 Å². The van der Waals surface area contributed by atoms with Crippen molar-refractivity contribution in [1.82, 2.24) is 5.32 Å². The third kappa shape index (κ3) is 4.76. The van der Waals surface area contributed by atoms with Crippen molar-refractivity contribution in [3.8, 4) is 11.5 Å². The quantitative estimate of drug-likeness (QED) is 0.814. The van der Waals surface area contributed by atoms with Gasteiger partial charge in [-0.1, -0.05) is 41.1 Å². The van der Waals surface area contributed by atoms with Crippen LogP contribution in [-0.4, -0.2) is 13.7 Å². The minimum absolute atomic E-state index is 0.516. The highest BCUT2D eigenvalue weighted by Crippen LogP contribution is 2.29. The Morgan fingerprint density at radius 3 is 2.62 bits per heavy atom. The lowest BCUT2D eigenvalue weighted by atomic mass is 10.2. The van der Waals surface area contributed by atoms with Crippen LogP contribution in [0.3, 0.4) is 0 Å². The largest absolute Gasteiger partial charge is 0.493 e. The summed E-state index contributed by atoms with van der Waals surface area (Å²) in [6.45, 7) is 4.39. The molecule has 0 bridgehead atoms. The van der Waals surface area contributed by atoms with E-state index in [9.17, 15) is 0 Å². The number of benzene rings is 2. The zero-order valence-electron chi connectivity index (χ0n) is 12.4. The molecule has 0 aliphatic heterocycles. The Hall–Kier alpha value is -1.52. The molecule has 0 aromatic heterocycles. The van der Waals surface area contributed by atoms with Gasteiger partial charge in [-0.15, -0.1) is 0 Å². The summed E-state index contributed by atoms with van der Waals surface area (Å²) in [6, 6.07) is 14.1. The lowest BCUT2D eigenvalue weighted by molar-refractivity contribution is 0.284. The van der Waals surface area contributed by atoms with Crippen LogP contribution in [0.5, 0.6) is 11.5 Å². The average molecular weight is 350 g/mol. The highest BCUT2D eigenvalue weighted by atomic mass is 79.9. The maximum Gasteiger partial charge on any atom is 0.161 e. The fraction of sp³-hybridized carbons (Fsp3) is 0.294. The van der Waals surface area contributed by atoms with E-state index in [1.54, 1.807) is 7.11 Å². The summed E-state index contributed by atoms with van der Waals surface area (Å²) in [6.07, 6.45) is 0. The molecule has 0 heterocycles. The predicted molar refractivity (Wildman–Crippen MR) is 88.8 cm³/mol. The minimum Gasteiger partial charge on any atom is -0.493 e. The van der Waals surface area contributed by atoms with Crippen molar-refractivity contribution in [2.75, 3.05) is 13.7 Å².